The lowest BCUT2D eigenvalue weighted by Crippen LogP contribution is -2.23. The van der Waals surface area contributed by atoms with Crippen LogP contribution in [0.2, 0.25) is 0 Å². The van der Waals surface area contributed by atoms with Gasteiger partial charge in [-0.05, 0) is 49.1 Å². The molecule has 0 aliphatic rings. The second-order valence-corrected chi connectivity index (χ2v) is 4.87. The lowest BCUT2D eigenvalue weighted by Gasteiger charge is -2.17. The fourth-order valence-corrected chi connectivity index (χ4v) is 2.06. The van der Waals surface area contributed by atoms with E-state index in [1.165, 1.54) is 0 Å². The molecule has 1 aromatic rings. The van der Waals surface area contributed by atoms with Crippen LogP contribution in [0, 0.1) is 0 Å². The minimum Gasteiger partial charge on any atom is -0.497 e. The molecule has 17 heavy (non-hydrogen) atoms. The summed E-state index contributed by atoms with van der Waals surface area (Å²) in [5, 5.41) is 12.6. The van der Waals surface area contributed by atoms with Crippen molar-refractivity contribution in [3.63, 3.8) is 0 Å². The zero-order valence-electron chi connectivity index (χ0n) is 10.5. The van der Waals surface area contributed by atoms with Crippen LogP contribution in [0.15, 0.2) is 24.3 Å². The molecule has 0 aromatic heterocycles. The van der Waals surface area contributed by atoms with E-state index in [2.05, 4.69) is 11.6 Å². The molecule has 0 fully saturated rings. The lowest BCUT2D eigenvalue weighted by molar-refractivity contribution is 0.268. The monoisotopic (exact) mass is 255 g/mol. The first-order valence-corrected chi connectivity index (χ1v) is 7.20. The number of hydrogen-bond acceptors (Lipinski definition) is 4. The third kappa shape index (κ3) is 5.33. The van der Waals surface area contributed by atoms with Crippen molar-refractivity contribution in [1.82, 2.24) is 0 Å². The highest BCUT2D eigenvalue weighted by atomic mass is 32.2. The number of thioether (sulfide) groups is 1. The van der Waals surface area contributed by atoms with Crippen molar-refractivity contribution in [3.8, 4) is 5.75 Å². The van der Waals surface area contributed by atoms with E-state index in [-0.39, 0.29) is 12.6 Å². The molecule has 0 aliphatic carbocycles. The minimum absolute atomic E-state index is 0.135. The lowest BCUT2D eigenvalue weighted by atomic mass is 10.1. The van der Waals surface area contributed by atoms with Crippen molar-refractivity contribution in [2.75, 3.05) is 31.0 Å². The second kappa shape index (κ2) is 8.25. The number of ether oxygens (including phenoxy) is 1. The van der Waals surface area contributed by atoms with Gasteiger partial charge in [-0.3, -0.25) is 0 Å². The van der Waals surface area contributed by atoms with E-state index in [4.69, 9.17) is 4.74 Å². The van der Waals surface area contributed by atoms with Crippen molar-refractivity contribution in [1.29, 1.82) is 0 Å². The highest BCUT2D eigenvalue weighted by molar-refractivity contribution is 7.98. The van der Waals surface area contributed by atoms with Crippen molar-refractivity contribution in [3.05, 3.63) is 24.3 Å². The maximum Gasteiger partial charge on any atom is 0.119 e. The highest BCUT2D eigenvalue weighted by Gasteiger charge is 2.06. The van der Waals surface area contributed by atoms with E-state index < -0.39 is 0 Å². The van der Waals surface area contributed by atoms with Gasteiger partial charge in [0.2, 0.25) is 0 Å². The van der Waals surface area contributed by atoms with Crippen molar-refractivity contribution >= 4 is 17.4 Å². The number of aliphatic hydroxyl groups is 1. The quantitative estimate of drug-likeness (QED) is 0.701. The Morgan fingerprint density at radius 1 is 1.35 bits per heavy atom. The Kier molecular flexibility index (Phi) is 6.89. The Balaban J connectivity index is 2.43. The summed E-state index contributed by atoms with van der Waals surface area (Å²) in [6.45, 7) is 0.167. The molecule has 1 aromatic carbocycles. The van der Waals surface area contributed by atoms with E-state index in [1.807, 2.05) is 36.0 Å². The van der Waals surface area contributed by atoms with Gasteiger partial charge < -0.3 is 15.2 Å². The summed E-state index contributed by atoms with van der Waals surface area (Å²) in [5.74, 6) is 1.99. The largest absolute Gasteiger partial charge is 0.497 e. The van der Waals surface area contributed by atoms with Gasteiger partial charge in [0.25, 0.3) is 0 Å². The zero-order valence-corrected chi connectivity index (χ0v) is 11.3. The van der Waals surface area contributed by atoms with E-state index in [0.717, 1.165) is 30.0 Å². The molecule has 0 saturated carbocycles. The number of methoxy groups -OCH3 is 1. The summed E-state index contributed by atoms with van der Waals surface area (Å²) in [6.07, 6.45) is 4.21. The van der Waals surface area contributed by atoms with Crippen LogP contribution >= 0.6 is 11.8 Å². The summed E-state index contributed by atoms with van der Waals surface area (Å²) in [7, 11) is 1.65. The molecule has 1 rings (SSSR count). The summed E-state index contributed by atoms with van der Waals surface area (Å²) in [4.78, 5) is 0. The molecule has 0 spiro atoms. The fraction of sp³-hybridized carbons (Fsp3) is 0.538. The molecule has 2 N–H and O–H groups in total. The summed E-state index contributed by atoms with van der Waals surface area (Å²) < 4.78 is 5.10. The van der Waals surface area contributed by atoms with Crippen LogP contribution in [0.25, 0.3) is 0 Å². The Morgan fingerprint density at radius 3 is 2.59 bits per heavy atom. The standard InChI is InChI=1S/C13H21NO2S/c1-16-13-7-5-11(6-8-13)14-12(10-15)4-3-9-17-2/h5-8,12,14-15H,3-4,9-10H2,1-2H3. The normalized spacial score (nSPS) is 12.2. The first kappa shape index (κ1) is 14.2. The molecule has 0 bridgehead atoms. The first-order valence-electron chi connectivity index (χ1n) is 5.80. The first-order chi connectivity index (χ1) is 8.30. The fourth-order valence-electron chi connectivity index (χ4n) is 1.61. The van der Waals surface area contributed by atoms with Gasteiger partial charge in [-0.15, -0.1) is 0 Å². The Morgan fingerprint density at radius 2 is 2.06 bits per heavy atom. The van der Waals surface area contributed by atoms with Gasteiger partial charge in [-0.1, -0.05) is 0 Å². The van der Waals surface area contributed by atoms with Crippen LogP contribution in [-0.4, -0.2) is 36.9 Å². The molecule has 1 unspecified atom stereocenters. The summed E-state index contributed by atoms with van der Waals surface area (Å²) >= 11 is 1.84. The number of hydrogen-bond donors (Lipinski definition) is 2. The highest BCUT2D eigenvalue weighted by Crippen LogP contribution is 2.17. The van der Waals surface area contributed by atoms with E-state index in [9.17, 15) is 5.11 Å². The predicted octanol–water partition coefficient (Wildman–Crippen LogP) is 2.61. The average Bonchev–Trinajstić information content (AvgIpc) is 2.38. The van der Waals surface area contributed by atoms with Gasteiger partial charge in [-0.2, -0.15) is 11.8 Å². The molecule has 0 amide bonds. The number of nitrogens with one attached hydrogen (secondary N) is 1. The van der Waals surface area contributed by atoms with Gasteiger partial charge in [0.05, 0.1) is 13.7 Å². The smallest absolute Gasteiger partial charge is 0.119 e. The molecule has 0 radical (unpaired) electrons. The number of aliphatic hydroxyl groups excluding tert-OH is 1. The molecule has 96 valence electrons. The van der Waals surface area contributed by atoms with Crippen molar-refractivity contribution in [2.24, 2.45) is 0 Å². The van der Waals surface area contributed by atoms with Crippen LogP contribution < -0.4 is 10.1 Å². The molecular weight excluding hydrogens is 234 g/mol. The third-order valence-electron chi connectivity index (χ3n) is 2.58. The summed E-state index contributed by atoms with van der Waals surface area (Å²) in [6, 6.07) is 7.90. The second-order valence-electron chi connectivity index (χ2n) is 3.89. The molecule has 0 heterocycles. The Hall–Kier alpha value is -0.870. The Labute approximate surface area is 108 Å². The SMILES string of the molecule is COc1ccc(NC(CO)CCCSC)cc1. The maximum absolute atomic E-state index is 9.29. The van der Waals surface area contributed by atoms with Crippen LogP contribution in [0.4, 0.5) is 5.69 Å². The molecule has 3 nitrogen and oxygen atoms in total. The van der Waals surface area contributed by atoms with Gasteiger partial charge in [0, 0.05) is 11.7 Å². The van der Waals surface area contributed by atoms with Crippen LogP contribution in [0.3, 0.4) is 0 Å². The topological polar surface area (TPSA) is 41.5 Å². The molecular formula is C13H21NO2S. The van der Waals surface area contributed by atoms with Gasteiger partial charge >= 0.3 is 0 Å². The van der Waals surface area contributed by atoms with Gasteiger partial charge in [0.15, 0.2) is 0 Å². The molecule has 0 aliphatic heterocycles. The van der Waals surface area contributed by atoms with Gasteiger partial charge in [0.1, 0.15) is 5.75 Å². The Bertz CT molecular complexity index is 303. The van der Waals surface area contributed by atoms with Crippen LogP contribution in [-0.2, 0) is 0 Å². The van der Waals surface area contributed by atoms with E-state index in [0.29, 0.717) is 0 Å². The van der Waals surface area contributed by atoms with Crippen molar-refractivity contribution in [2.45, 2.75) is 18.9 Å². The van der Waals surface area contributed by atoms with E-state index in [1.54, 1.807) is 7.11 Å². The maximum atomic E-state index is 9.29. The van der Waals surface area contributed by atoms with E-state index >= 15 is 0 Å². The minimum atomic E-state index is 0.135. The van der Waals surface area contributed by atoms with Gasteiger partial charge in [-0.25, -0.2) is 0 Å². The molecule has 1 atom stereocenters. The number of benzene rings is 1. The average molecular weight is 255 g/mol. The zero-order chi connectivity index (χ0) is 12.5. The number of anilines is 1. The number of rotatable bonds is 8. The third-order valence-corrected chi connectivity index (χ3v) is 3.28. The van der Waals surface area contributed by atoms with Crippen molar-refractivity contribution < 1.29 is 9.84 Å². The van der Waals surface area contributed by atoms with Crippen LogP contribution in [0.1, 0.15) is 12.8 Å². The molecule has 4 heteroatoms. The predicted molar refractivity (Wildman–Crippen MR) is 75.1 cm³/mol. The van der Waals surface area contributed by atoms with Crippen LogP contribution in [0.5, 0.6) is 5.75 Å². The molecule has 0 saturated heterocycles. The summed E-state index contributed by atoms with van der Waals surface area (Å²) in [5.41, 5.74) is 1.02.